The summed E-state index contributed by atoms with van der Waals surface area (Å²) in [5.41, 5.74) is 1.44. The number of amides is 2. The molecule has 3 rings (SSSR count). The first-order chi connectivity index (χ1) is 11.1. The molecule has 1 atom stereocenters. The molecule has 2 heterocycles. The first-order valence-electron chi connectivity index (χ1n) is 8.42. The number of nitrogens with one attached hydrogen (secondary N) is 1. The highest BCUT2D eigenvalue weighted by atomic mass is 35.5. The van der Waals surface area contributed by atoms with Crippen LogP contribution >= 0.6 is 11.6 Å². The Kier molecular flexibility index (Phi) is 5.38. The van der Waals surface area contributed by atoms with Crippen LogP contribution in [0.4, 0.5) is 10.5 Å². The molecule has 0 radical (unpaired) electrons. The second kappa shape index (κ2) is 7.49. The van der Waals surface area contributed by atoms with Crippen LogP contribution in [0.15, 0.2) is 12.1 Å². The van der Waals surface area contributed by atoms with Gasteiger partial charge in [0.25, 0.3) is 0 Å². The van der Waals surface area contributed by atoms with Crippen molar-refractivity contribution >= 4 is 23.3 Å². The first kappa shape index (κ1) is 16.5. The summed E-state index contributed by atoms with van der Waals surface area (Å²) in [5, 5.41) is 3.41. The third-order valence-corrected chi connectivity index (χ3v) is 4.94. The van der Waals surface area contributed by atoms with Crippen molar-refractivity contribution < 1.29 is 9.53 Å². The van der Waals surface area contributed by atoms with Crippen molar-refractivity contribution in [1.82, 2.24) is 9.88 Å². The number of hydrogen-bond donors (Lipinski definition) is 1. The molecule has 1 saturated heterocycles. The fraction of sp³-hybridized carbons (Fsp3) is 0.647. The van der Waals surface area contributed by atoms with Crippen molar-refractivity contribution in [3.8, 4) is 0 Å². The van der Waals surface area contributed by atoms with Gasteiger partial charge in [0.15, 0.2) is 0 Å². The Morgan fingerprint density at radius 2 is 2.17 bits per heavy atom. The molecule has 6 heteroatoms. The van der Waals surface area contributed by atoms with Gasteiger partial charge >= 0.3 is 6.03 Å². The lowest BCUT2D eigenvalue weighted by Gasteiger charge is -2.33. The van der Waals surface area contributed by atoms with Gasteiger partial charge in [-0.3, -0.25) is 0 Å². The molecule has 2 amide bonds. The first-order valence-corrected chi connectivity index (χ1v) is 8.80. The largest absolute Gasteiger partial charge is 0.376 e. The number of aryl methyl sites for hydroxylation is 1. The van der Waals surface area contributed by atoms with E-state index in [0.717, 1.165) is 31.7 Å². The third-order valence-electron chi connectivity index (χ3n) is 4.73. The predicted molar refractivity (Wildman–Crippen MR) is 90.9 cm³/mol. The number of rotatable bonds is 5. The number of nitrogens with zero attached hydrogens (tertiary/aromatic N) is 2. The number of ether oxygens (including phenoxy) is 1. The molecule has 2 fully saturated rings. The van der Waals surface area contributed by atoms with E-state index in [1.807, 2.05) is 11.8 Å². The van der Waals surface area contributed by atoms with E-state index in [2.05, 4.69) is 10.3 Å². The lowest BCUT2D eigenvalue weighted by atomic mass is 9.85. The van der Waals surface area contributed by atoms with Crippen LogP contribution in [0, 0.1) is 12.8 Å². The Morgan fingerprint density at radius 3 is 2.78 bits per heavy atom. The molecular formula is C17H24ClN3O2. The van der Waals surface area contributed by atoms with Crippen molar-refractivity contribution in [2.24, 2.45) is 5.92 Å². The predicted octanol–water partition coefficient (Wildman–Crippen LogP) is 3.86. The molecular weight excluding hydrogens is 314 g/mol. The molecule has 1 N–H and O–H groups in total. The molecule has 0 spiro atoms. The van der Waals surface area contributed by atoms with Gasteiger partial charge in [-0.2, -0.15) is 0 Å². The Bertz CT molecular complexity index is 557. The summed E-state index contributed by atoms with van der Waals surface area (Å²) < 4.78 is 5.71. The molecule has 0 unspecified atom stereocenters. The van der Waals surface area contributed by atoms with E-state index in [1.165, 1.54) is 19.3 Å². The molecule has 0 bridgehead atoms. The van der Waals surface area contributed by atoms with Crippen LogP contribution in [0.3, 0.4) is 0 Å². The molecule has 1 aromatic rings. The van der Waals surface area contributed by atoms with Crippen LogP contribution in [-0.2, 0) is 4.74 Å². The van der Waals surface area contributed by atoms with Crippen LogP contribution in [0.1, 0.15) is 37.8 Å². The summed E-state index contributed by atoms with van der Waals surface area (Å²) in [4.78, 5) is 18.8. The van der Waals surface area contributed by atoms with Gasteiger partial charge in [0.2, 0.25) is 0 Å². The van der Waals surface area contributed by atoms with E-state index in [4.69, 9.17) is 16.3 Å². The summed E-state index contributed by atoms with van der Waals surface area (Å²) >= 11 is 5.87. The van der Waals surface area contributed by atoms with Gasteiger partial charge in [0.05, 0.1) is 17.5 Å². The standard InChI is InChI=1S/C17H24ClN3O2/c1-12-15(7-8-16(18)19-12)20-17(22)21(10-13-4-2-5-13)11-14-6-3-9-23-14/h7-8,13-14H,2-6,9-11H2,1H3,(H,20,22)/t14-/m0/s1. The van der Waals surface area contributed by atoms with Crippen LogP contribution in [-0.4, -0.2) is 41.7 Å². The topological polar surface area (TPSA) is 54.5 Å². The minimum Gasteiger partial charge on any atom is -0.376 e. The van der Waals surface area contributed by atoms with Gasteiger partial charge in [0, 0.05) is 19.7 Å². The van der Waals surface area contributed by atoms with E-state index in [0.29, 0.717) is 23.3 Å². The second-order valence-electron chi connectivity index (χ2n) is 6.53. The molecule has 23 heavy (non-hydrogen) atoms. The van der Waals surface area contributed by atoms with Crippen LogP contribution in [0.2, 0.25) is 5.15 Å². The van der Waals surface area contributed by atoms with Crippen molar-refractivity contribution in [3.05, 3.63) is 23.0 Å². The summed E-state index contributed by atoms with van der Waals surface area (Å²) in [7, 11) is 0. The van der Waals surface area contributed by atoms with Gasteiger partial charge in [-0.25, -0.2) is 9.78 Å². The average molecular weight is 338 g/mol. The number of hydrogen-bond acceptors (Lipinski definition) is 3. The fourth-order valence-corrected chi connectivity index (χ4v) is 3.31. The maximum Gasteiger partial charge on any atom is 0.321 e. The molecule has 1 saturated carbocycles. The zero-order valence-electron chi connectivity index (χ0n) is 13.6. The minimum atomic E-state index is -0.0698. The number of pyridine rings is 1. The number of halogens is 1. The Morgan fingerprint density at radius 1 is 1.35 bits per heavy atom. The van der Waals surface area contributed by atoms with E-state index in [-0.39, 0.29) is 12.1 Å². The smallest absolute Gasteiger partial charge is 0.321 e. The second-order valence-corrected chi connectivity index (χ2v) is 6.92. The van der Waals surface area contributed by atoms with Gasteiger partial charge in [0.1, 0.15) is 5.15 Å². The summed E-state index contributed by atoms with van der Waals surface area (Å²) in [6.45, 7) is 4.13. The fourth-order valence-electron chi connectivity index (χ4n) is 3.12. The minimum absolute atomic E-state index is 0.0698. The summed E-state index contributed by atoms with van der Waals surface area (Å²) in [6, 6.07) is 3.43. The van der Waals surface area contributed by atoms with Gasteiger partial charge in [-0.1, -0.05) is 18.0 Å². The molecule has 2 aliphatic rings. The molecule has 1 aliphatic heterocycles. The maximum atomic E-state index is 12.7. The number of anilines is 1. The van der Waals surface area contributed by atoms with Crippen LogP contribution < -0.4 is 5.32 Å². The lowest BCUT2D eigenvalue weighted by molar-refractivity contribution is 0.0748. The third kappa shape index (κ3) is 4.36. The van der Waals surface area contributed by atoms with Crippen LogP contribution in [0.25, 0.3) is 0 Å². The molecule has 126 valence electrons. The van der Waals surface area contributed by atoms with Gasteiger partial charge in [-0.05, 0) is 50.7 Å². The van der Waals surface area contributed by atoms with Crippen molar-refractivity contribution in [2.75, 3.05) is 25.0 Å². The lowest BCUT2D eigenvalue weighted by Crippen LogP contribution is -2.44. The number of carbonyl (C=O) groups is 1. The number of aromatic nitrogens is 1. The molecule has 0 aromatic carbocycles. The zero-order valence-corrected chi connectivity index (χ0v) is 14.3. The Labute approximate surface area is 142 Å². The number of carbonyl (C=O) groups excluding carboxylic acids is 1. The van der Waals surface area contributed by atoms with Gasteiger partial charge in [-0.15, -0.1) is 0 Å². The number of urea groups is 1. The van der Waals surface area contributed by atoms with E-state index < -0.39 is 0 Å². The Hall–Kier alpha value is -1.33. The zero-order chi connectivity index (χ0) is 16.2. The van der Waals surface area contributed by atoms with E-state index in [1.54, 1.807) is 12.1 Å². The van der Waals surface area contributed by atoms with E-state index >= 15 is 0 Å². The Balaban J connectivity index is 1.65. The van der Waals surface area contributed by atoms with E-state index in [9.17, 15) is 4.79 Å². The quantitative estimate of drug-likeness (QED) is 0.830. The maximum absolute atomic E-state index is 12.7. The highest BCUT2D eigenvalue weighted by Crippen LogP contribution is 2.28. The molecule has 5 nitrogen and oxygen atoms in total. The SMILES string of the molecule is Cc1nc(Cl)ccc1NC(=O)N(CC1CCC1)C[C@@H]1CCCO1. The summed E-state index contributed by atoms with van der Waals surface area (Å²) in [5.74, 6) is 0.631. The van der Waals surface area contributed by atoms with Crippen molar-refractivity contribution in [2.45, 2.75) is 45.1 Å². The van der Waals surface area contributed by atoms with Crippen LogP contribution in [0.5, 0.6) is 0 Å². The highest BCUT2D eigenvalue weighted by Gasteiger charge is 2.27. The van der Waals surface area contributed by atoms with Crippen molar-refractivity contribution in [1.29, 1.82) is 0 Å². The van der Waals surface area contributed by atoms with Crippen molar-refractivity contribution in [3.63, 3.8) is 0 Å². The monoisotopic (exact) mass is 337 g/mol. The normalized spacial score (nSPS) is 21.0. The summed E-state index contributed by atoms with van der Waals surface area (Å²) in [6.07, 6.45) is 6.01. The van der Waals surface area contributed by atoms with Gasteiger partial charge < -0.3 is 15.0 Å². The average Bonchev–Trinajstić information content (AvgIpc) is 2.97. The molecule has 1 aromatic heterocycles. The highest BCUT2D eigenvalue weighted by molar-refractivity contribution is 6.29. The molecule has 1 aliphatic carbocycles.